The molecule has 0 fully saturated rings. The molecule has 0 atom stereocenters. The molecule has 104 valence electrons. The molecule has 20 heavy (non-hydrogen) atoms. The van der Waals surface area contributed by atoms with Crippen LogP contribution in [0.3, 0.4) is 0 Å². The van der Waals surface area contributed by atoms with Gasteiger partial charge in [0.25, 0.3) is 5.91 Å². The number of hydrogen-bond donors (Lipinski definition) is 1. The van der Waals surface area contributed by atoms with Crippen LogP contribution in [0.15, 0.2) is 36.5 Å². The fourth-order valence-electron chi connectivity index (χ4n) is 1.65. The van der Waals surface area contributed by atoms with Crippen LogP contribution in [0.1, 0.15) is 11.1 Å². The molecule has 0 unspecified atom stereocenters. The number of carbonyl (C=O) groups excluding carboxylic acids is 1. The number of benzene rings is 1. The number of anilines is 1. The summed E-state index contributed by atoms with van der Waals surface area (Å²) < 4.78 is 5.42. The molecular weight excluding hydrogens is 276 g/mol. The van der Waals surface area contributed by atoms with Crippen LogP contribution in [0.2, 0.25) is 5.02 Å². The Labute approximate surface area is 122 Å². The lowest BCUT2D eigenvalue weighted by Crippen LogP contribution is -2.21. The number of aryl methyl sites for hydroxylation is 2. The van der Waals surface area contributed by atoms with Gasteiger partial charge in [-0.1, -0.05) is 23.7 Å². The zero-order valence-corrected chi connectivity index (χ0v) is 12.1. The summed E-state index contributed by atoms with van der Waals surface area (Å²) >= 11 is 6.00. The molecule has 0 bridgehead atoms. The number of rotatable bonds is 4. The maximum absolute atomic E-state index is 11.8. The first-order valence-electron chi connectivity index (χ1n) is 6.16. The fourth-order valence-corrected chi connectivity index (χ4v) is 1.82. The van der Waals surface area contributed by atoms with Crippen LogP contribution in [-0.4, -0.2) is 17.5 Å². The molecule has 2 rings (SSSR count). The van der Waals surface area contributed by atoms with Gasteiger partial charge in [0, 0.05) is 6.20 Å². The second-order valence-corrected chi connectivity index (χ2v) is 4.85. The van der Waals surface area contributed by atoms with Crippen LogP contribution in [0.5, 0.6) is 5.75 Å². The van der Waals surface area contributed by atoms with Gasteiger partial charge >= 0.3 is 0 Å². The SMILES string of the molecule is Cc1ccc(Cl)c(OCC(=O)Nc2ncccc2C)c1. The molecule has 1 N–H and O–H groups in total. The van der Waals surface area contributed by atoms with E-state index in [-0.39, 0.29) is 12.5 Å². The van der Waals surface area contributed by atoms with Gasteiger partial charge in [0.15, 0.2) is 6.61 Å². The van der Waals surface area contributed by atoms with Crippen molar-refractivity contribution >= 4 is 23.3 Å². The standard InChI is InChI=1S/C15H15ClN2O2/c1-10-5-6-12(16)13(8-10)20-9-14(19)18-15-11(2)4-3-7-17-15/h3-8H,9H2,1-2H3,(H,17,18,19). The van der Waals surface area contributed by atoms with Crippen molar-refractivity contribution in [1.82, 2.24) is 4.98 Å². The topological polar surface area (TPSA) is 51.2 Å². The third-order valence-electron chi connectivity index (χ3n) is 2.71. The largest absolute Gasteiger partial charge is 0.482 e. The molecule has 1 aromatic carbocycles. The molecule has 0 aliphatic carbocycles. The highest BCUT2D eigenvalue weighted by atomic mass is 35.5. The molecule has 4 nitrogen and oxygen atoms in total. The van der Waals surface area contributed by atoms with Crippen molar-refractivity contribution in [2.24, 2.45) is 0 Å². The molecule has 2 aromatic rings. The maximum Gasteiger partial charge on any atom is 0.263 e. The quantitative estimate of drug-likeness (QED) is 0.939. The second-order valence-electron chi connectivity index (χ2n) is 4.44. The molecule has 1 amide bonds. The lowest BCUT2D eigenvalue weighted by Gasteiger charge is -2.10. The van der Waals surface area contributed by atoms with Crippen molar-refractivity contribution in [2.45, 2.75) is 13.8 Å². The van der Waals surface area contributed by atoms with E-state index in [1.54, 1.807) is 18.3 Å². The van der Waals surface area contributed by atoms with Crippen molar-refractivity contribution in [3.63, 3.8) is 0 Å². The van der Waals surface area contributed by atoms with E-state index >= 15 is 0 Å². The molecule has 0 saturated carbocycles. The Kier molecular flexibility index (Phi) is 4.58. The normalized spacial score (nSPS) is 10.2. The Morgan fingerprint density at radius 2 is 2.15 bits per heavy atom. The molecule has 0 aliphatic rings. The first-order valence-corrected chi connectivity index (χ1v) is 6.54. The van der Waals surface area contributed by atoms with E-state index in [1.807, 2.05) is 32.0 Å². The van der Waals surface area contributed by atoms with Gasteiger partial charge in [-0.05, 0) is 43.2 Å². The summed E-state index contributed by atoms with van der Waals surface area (Å²) in [6, 6.07) is 9.11. The minimum absolute atomic E-state index is 0.112. The minimum Gasteiger partial charge on any atom is -0.482 e. The van der Waals surface area contributed by atoms with Gasteiger partial charge in [-0.25, -0.2) is 4.98 Å². The molecule has 0 radical (unpaired) electrons. The minimum atomic E-state index is -0.274. The number of aromatic nitrogens is 1. The van der Waals surface area contributed by atoms with Gasteiger partial charge in [-0.2, -0.15) is 0 Å². The lowest BCUT2D eigenvalue weighted by molar-refractivity contribution is -0.118. The van der Waals surface area contributed by atoms with Gasteiger partial charge in [0.1, 0.15) is 11.6 Å². The van der Waals surface area contributed by atoms with Crippen molar-refractivity contribution in [2.75, 3.05) is 11.9 Å². The Bertz CT molecular complexity index is 629. The summed E-state index contributed by atoms with van der Waals surface area (Å²) in [4.78, 5) is 15.9. The first-order chi connectivity index (χ1) is 9.56. The van der Waals surface area contributed by atoms with Gasteiger partial charge in [-0.3, -0.25) is 4.79 Å². The monoisotopic (exact) mass is 290 g/mol. The van der Waals surface area contributed by atoms with Crippen LogP contribution < -0.4 is 10.1 Å². The van der Waals surface area contributed by atoms with E-state index < -0.39 is 0 Å². The number of pyridine rings is 1. The third-order valence-corrected chi connectivity index (χ3v) is 3.02. The second kappa shape index (κ2) is 6.39. The molecule has 1 heterocycles. The van der Waals surface area contributed by atoms with Crippen molar-refractivity contribution in [1.29, 1.82) is 0 Å². The molecule has 0 aliphatic heterocycles. The van der Waals surface area contributed by atoms with Crippen LogP contribution in [0, 0.1) is 13.8 Å². The molecule has 0 saturated heterocycles. The Hall–Kier alpha value is -2.07. The number of amides is 1. The van der Waals surface area contributed by atoms with E-state index in [0.717, 1.165) is 11.1 Å². The number of halogens is 1. The number of nitrogens with one attached hydrogen (secondary N) is 1. The smallest absolute Gasteiger partial charge is 0.263 e. The fraction of sp³-hybridized carbons (Fsp3) is 0.200. The average Bonchev–Trinajstić information content (AvgIpc) is 2.42. The Balaban J connectivity index is 1.96. The van der Waals surface area contributed by atoms with Crippen molar-refractivity contribution in [3.05, 3.63) is 52.7 Å². The van der Waals surface area contributed by atoms with E-state index in [2.05, 4.69) is 10.3 Å². The van der Waals surface area contributed by atoms with E-state index in [1.165, 1.54) is 0 Å². The number of nitrogens with zero attached hydrogens (tertiary/aromatic N) is 1. The highest BCUT2D eigenvalue weighted by Crippen LogP contribution is 2.25. The number of ether oxygens (including phenoxy) is 1. The van der Waals surface area contributed by atoms with E-state index in [0.29, 0.717) is 16.6 Å². The molecule has 1 aromatic heterocycles. The zero-order chi connectivity index (χ0) is 14.5. The van der Waals surface area contributed by atoms with Gasteiger partial charge in [0.05, 0.1) is 5.02 Å². The molecule has 0 spiro atoms. The molecular formula is C15H15ClN2O2. The van der Waals surface area contributed by atoms with Crippen LogP contribution >= 0.6 is 11.6 Å². The highest BCUT2D eigenvalue weighted by molar-refractivity contribution is 6.32. The highest BCUT2D eigenvalue weighted by Gasteiger charge is 2.08. The predicted octanol–water partition coefficient (Wildman–Crippen LogP) is 3.37. The van der Waals surface area contributed by atoms with Gasteiger partial charge < -0.3 is 10.1 Å². The molecule has 5 heteroatoms. The van der Waals surface area contributed by atoms with E-state index in [4.69, 9.17) is 16.3 Å². The summed E-state index contributed by atoms with van der Waals surface area (Å²) in [5, 5.41) is 3.18. The van der Waals surface area contributed by atoms with Gasteiger partial charge in [0.2, 0.25) is 0 Å². The average molecular weight is 291 g/mol. The summed E-state index contributed by atoms with van der Waals surface area (Å²) in [6.07, 6.45) is 1.63. The zero-order valence-electron chi connectivity index (χ0n) is 11.3. The van der Waals surface area contributed by atoms with Crippen LogP contribution in [-0.2, 0) is 4.79 Å². The third kappa shape index (κ3) is 3.71. The predicted molar refractivity (Wildman–Crippen MR) is 79.3 cm³/mol. The van der Waals surface area contributed by atoms with E-state index in [9.17, 15) is 4.79 Å². The van der Waals surface area contributed by atoms with Crippen molar-refractivity contribution < 1.29 is 9.53 Å². The summed E-state index contributed by atoms with van der Waals surface area (Å²) in [7, 11) is 0. The number of hydrogen-bond acceptors (Lipinski definition) is 3. The van der Waals surface area contributed by atoms with Crippen LogP contribution in [0.4, 0.5) is 5.82 Å². The van der Waals surface area contributed by atoms with Crippen molar-refractivity contribution in [3.8, 4) is 5.75 Å². The summed E-state index contributed by atoms with van der Waals surface area (Å²) in [5.74, 6) is 0.764. The summed E-state index contributed by atoms with van der Waals surface area (Å²) in [5.41, 5.74) is 1.92. The Morgan fingerprint density at radius 3 is 2.90 bits per heavy atom. The summed E-state index contributed by atoms with van der Waals surface area (Å²) in [6.45, 7) is 3.70. The van der Waals surface area contributed by atoms with Crippen LogP contribution in [0.25, 0.3) is 0 Å². The number of carbonyl (C=O) groups is 1. The first kappa shape index (κ1) is 14.3. The Morgan fingerprint density at radius 1 is 1.35 bits per heavy atom. The lowest BCUT2D eigenvalue weighted by atomic mass is 10.2. The van der Waals surface area contributed by atoms with Gasteiger partial charge in [-0.15, -0.1) is 0 Å². The maximum atomic E-state index is 11.8.